The zero-order valence-corrected chi connectivity index (χ0v) is 21.0. The van der Waals surface area contributed by atoms with Gasteiger partial charge in [0.2, 0.25) is 11.8 Å². The van der Waals surface area contributed by atoms with Crippen LogP contribution in [0.1, 0.15) is 42.9 Å². The van der Waals surface area contributed by atoms with Crippen LogP contribution < -0.4 is 5.32 Å². The summed E-state index contributed by atoms with van der Waals surface area (Å²) in [7, 11) is 0. The van der Waals surface area contributed by atoms with Crippen molar-refractivity contribution in [3.05, 3.63) is 95.8 Å². The molecule has 0 spiro atoms. The van der Waals surface area contributed by atoms with Gasteiger partial charge in [0.25, 0.3) is 0 Å². The zero-order chi connectivity index (χ0) is 26.1. The fraction of sp³-hybridized carbons (Fsp3) is 0.333. The molecule has 4 aromatic rings. The molecule has 194 valence electrons. The summed E-state index contributed by atoms with van der Waals surface area (Å²) in [6.45, 7) is 0.268. The monoisotopic (exact) mass is 511 g/mol. The molecular formula is C30H30FN5O2. The molecule has 8 heteroatoms. The fourth-order valence-electron chi connectivity index (χ4n) is 6.31. The highest BCUT2D eigenvalue weighted by Crippen LogP contribution is 2.48. The lowest BCUT2D eigenvalue weighted by Crippen LogP contribution is -2.51. The van der Waals surface area contributed by atoms with Gasteiger partial charge in [-0.05, 0) is 66.5 Å². The Hall–Kier alpha value is -4.07. The van der Waals surface area contributed by atoms with Crippen LogP contribution in [0.2, 0.25) is 0 Å². The van der Waals surface area contributed by atoms with E-state index in [1.165, 1.54) is 12.1 Å². The summed E-state index contributed by atoms with van der Waals surface area (Å²) < 4.78 is 16.0. The smallest absolute Gasteiger partial charge is 0.247 e. The molecule has 1 N–H and O–H groups in total. The summed E-state index contributed by atoms with van der Waals surface area (Å²) >= 11 is 0. The lowest BCUT2D eigenvalue weighted by molar-refractivity contribution is -0.145. The first-order valence-corrected chi connectivity index (χ1v) is 13.2. The van der Waals surface area contributed by atoms with E-state index >= 15 is 0 Å². The normalized spacial score (nSPS) is 20.9. The maximum absolute atomic E-state index is 14.5. The quantitative estimate of drug-likeness (QED) is 0.374. The van der Waals surface area contributed by atoms with Crippen molar-refractivity contribution in [2.24, 2.45) is 11.8 Å². The number of aromatic nitrogens is 3. The second-order valence-corrected chi connectivity index (χ2v) is 10.4. The molecule has 2 saturated carbocycles. The van der Waals surface area contributed by atoms with Gasteiger partial charge >= 0.3 is 0 Å². The number of hydrogen-bond donors (Lipinski definition) is 1. The van der Waals surface area contributed by atoms with Crippen LogP contribution >= 0.6 is 0 Å². The molecule has 6 rings (SSSR count). The van der Waals surface area contributed by atoms with Crippen LogP contribution in [-0.4, -0.2) is 37.7 Å². The van der Waals surface area contributed by atoms with E-state index in [4.69, 9.17) is 0 Å². The van der Waals surface area contributed by atoms with Gasteiger partial charge in [-0.2, -0.15) is 0 Å². The van der Waals surface area contributed by atoms with E-state index in [-0.39, 0.29) is 24.4 Å². The molecule has 2 amide bonds. The Labute approximate surface area is 220 Å². The van der Waals surface area contributed by atoms with Crippen molar-refractivity contribution < 1.29 is 14.0 Å². The van der Waals surface area contributed by atoms with Crippen molar-refractivity contribution in [3.8, 4) is 0 Å². The third-order valence-corrected chi connectivity index (χ3v) is 8.05. The van der Waals surface area contributed by atoms with Crippen LogP contribution in [-0.2, 0) is 22.7 Å². The first kappa shape index (κ1) is 24.3. The molecule has 3 aromatic carbocycles. The summed E-state index contributed by atoms with van der Waals surface area (Å²) in [5, 5.41) is 11.4. The molecule has 4 atom stereocenters. The standard InChI is InChI=1S/C30H30FN5O2/c31-24-10-6-9-23(17-24)29(30(38)32-18-20-7-2-1-3-8-20)36(27-16-21-13-14-22(27)15-21)28(37)19-35-26-12-5-4-11-25(26)33-34-35/h1-12,17,21-22,27,29H,13-16,18-19H2,(H,32,38). The Morgan fingerprint density at radius 3 is 2.58 bits per heavy atom. The summed E-state index contributed by atoms with van der Waals surface area (Å²) in [6, 6.07) is 22.1. The molecule has 4 unspecified atom stereocenters. The number of nitrogens with zero attached hydrogens (tertiary/aromatic N) is 4. The summed E-state index contributed by atoms with van der Waals surface area (Å²) in [6.07, 6.45) is 4.10. The van der Waals surface area contributed by atoms with Gasteiger partial charge in [-0.15, -0.1) is 5.10 Å². The molecule has 0 saturated heterocycles. The van der Waals surface area contributed by atoms with Gasteiger partial charge in [0.05, 0.1) is 5.52 Å². The number of halogens is 1. The largest absolute Gasteiger partial charge is 0.350 e. The van der Waals surface area contributed by atoms with Gasteiger partial charge < -0.3 is 10.2 Å². The molecule has 2 bridgehead atoms. The molecule has 1 aromatic heterocycles. The van der Waals surface area contributed by atoms with E-state index in [0.29, 0.717) is 29.5 Å². The number of amides is 2. The van der Waals surface area contributed by atoms with Crippen molar-refractivity contribution >= 4 is 22.8 Å². The van der Waals surface area contributed by atoms with E-state index in [2.05, 4.69) is 15.6 Å². The average molecular weight is 512 g/mol. The predicted molar refractivity (Wildman–Crippen MR) is 141 cm³/mol. The Morgan fingerprint density at radius 2 is 1.82 bits per heavy atom. The maximum Gasteiger partial charge on any atom is 0.247 e. The van der Waals surface area contributed by atoms with Crippen molar-refractivity contribution in [2.75, 3.05) is 0 Å². The first-order valence-electron chi connectivity index (χ1n) is 13.2. The van der Waals surface area contributed by atoms with Crippen LogP contribution in [0.3, 0.4) is 0 Å². The summed E-state index contributed by atoms with van der Waals surface area (Å²) in [4.78, 5) is 29.8. The molecule has 7 nitrogen and oxygen atoms in total. The Balaban J connectivity index is 1.37. The molecule has 0 aliphatic heterocycles. The minimum atomic E-state index is -0.957. The number of para-hydroxylation sites is 1. The molecule has 1 heterocycles. The second kappa shape index (κ2) is 10.4. The number of carbonyl (C=O) groups excluding carboxylic acids is 2. The van der Waals surface area contributed by atoms with Gasteiger partial charge in [0.1, 0.15) is 23.9 Å². The zero-order valence-electron chi connectivity index (χ0n) is 21.0. The van der Waals surface area contributed by atoms with Gasteiger partial charge in [0, 0.05) is 12.6 Å². The van der Waals surface area contributed by atoms with Crippen molar-refractivity contribution in [2.45, 2.75) is 50.9 Å². The SMILES string of the molecule is O=C(NCc1ccccc1)C(c1cccc(F)c1)N(C(=O)Cn1nnc2ccccc21)C1CC2CCC1C2. The molecule has 2 aliphatic carbocycles. The topological polar surface area (TPSA) is 80.1 Å². The highest BCUT2D eigenvalue weighted by atomic mass is 19.1. The Kier molecular flexibility index (Phi) is 6.62. The number of rotatable bonds is 8. The van der Waals surface area contributed by atoms with E-state index in [1.54, 1.807) is 21.7 Å². The minimum absolute atomic E-state index is 0.0494. The molecule has 2 aliphatic rings. The van der Waals surface area contributed by atoms with Gasteiger partial charge in [-0.3, -0.25) is 9.59 Å². The van der Waals surface area contributed by atoms with Gasteiger partial charge in [-0.25, -0.2) is 9.07 Å². The molecule has 2 fully saturated rings. The minimum Gasteiger partial charge on any atom is -0.350 e. The van der Waals surface area contributed by atoms with Gasteiger partial charge in [-0.1, -0.05) is 66.2 Å². The molecule has 38 heavy (non-hydrogen) atoms. The van der Waals surface area contributed by atoms with Crippen molar-refractivity contribution in [3.63, 3.8) is 0 Å². The van der Waals surface area contributed by atoms with Crippen molar-refractivity contribution in [1.29, 1.82) is 0 Å². The Bertz CT molecular complexity index is 1460. The summed E-state index contributed by atoms with van der Waals surface area (Å²) in [5.41, 5.74) is 2.87. The predicted octanol–water partition coefficient (Wildman–Crippen LogP) is 4.65. The fourth-order valence-corrected chi connectivity index (χ4v) is 6.31. The van der Waals surface area contributed by atoms with Crippen LogP contribution in [0.5, 0.6) is 0 Å². The molecule has 0 radical (unpaired) electrons. The van der Waals surface area contributed by atoms with Crippen LogP contribution in [0.25, 0.3) is 11.0 Å². The highest BCUT2D eigenvalue weighted by molar-refractivity contribution is 5.89. The summed E-state index contributed by atoms with van der Waals surface area (Å²) in [5.74, 6) is -0.102. The first-order chi connectivity index (χ1) is 18.6. The van der Waals surface area contributed by atoms with E-state index in [9.17, 15) is 14.0 Å². The number of nitrogens with one attached hydrogen (secondary N) is 1. The lowest BCUT2D eigenvalue weighted by Gasteiger charge is -2.40. The Morgan fingerprint density at radius 1 is 1.00 bits per heavy atom. The van der Waals surface area contributed by atoms with Crippen LogP contribution in [0, 0.1) is 17.7 Å². The van der Waals surface area contributed by atoms with Crippen LogP contribution in [0.15, 0.2) is 78.9 Å². The number of fused-ring (bicyclic) bond motifs is 3. The third-order valence-electron chi connectivity index (χ3n) is 8.05. The number of benzene rings is 3. The third kappa shape index (κ3) is 4.78. The second-order valence-electron chi connectivity index (χ2n) is 10.4. The van der Waals surface area contributed by atoms with E-state index in [0.717, 1.165) is 36.8 Å². The number of carbonyl (C=O) groups is 2. The van der Waals surface area contributed by atoms with E-state index in [1.807, 2.05) is 54.6 Å². The van der Waals surface area contributed by atoms with Gasteiger partial charge in [0.15, 0.2) is 0 Å². The van der Waals surface area contributed by atoms with Crippen LogP contribution in [0.4, 0.5) is 4.39 Å². The maximum atomic E-state index is 14.5. The highest BCUT2D eigenvalue weighted by Gasteiger charge is 2.47. The number of hydrogen-bond acceptors (Lipinski definition) is 4. The van der Waals surface area contributed by atoms with E-state index < -0.39 is 11.9 Å². The average Bonchev–Trinajstić information content (AvgIpc) is 3.67. The van der Waals surface area contributed by atoms with Crippen molar-refractivity contribution in [1.82, 2.24) is 25.2 Å². The lowest BCUT2D eigenvalue weighted by atomic mass is 9.91. The molecular weight excluding hydrogens is 481 g/mol.